The van der Waals surface area contributed by atoms with Crippen LogP contribution in [0.1, 0.15) is 89.9 Å². The van der Waals surface area contributed by atoms with Crippen LogP contribution < -0.4 is 0 Å². The van der Waals surface area contributed by atoms with Crippen LogP contribution in [0.3, 0.4) is 0 Å². The second kappa shape index (κ2) is 16.0. The number of unbranched alkanes of at least 4 members (excludes halogenated alkanes) is 9. The van der Waals surface area contributed by atoms with Gasteiger partial charge in [-0.05, 0) is 32.1 Å². The standard InChI is InChI=1S/C19H36O4/c1-2-3-4-5-6-7-8-9-10-11-12-13-17(20)16-18(21)14-15-19(22)23/h2,17-18,20-21H,1,3-16H2,(H,22,23). The van der Waals surface area contributed by atoms with Crippen LogP contribution in [0.2, 0.25) is 0 Å². The Balaban J connectivity index is 3.30. The van der Waals surface area contributed by atoms with Crippen molar-refractivity contribution in [3.63, 3.8) is 0 Å². The highest BCUT2D eigenvalue weighted by Crippen LogP contribution is 2.14. The van der Waals surface area contributed by atoms with Crippen molar-refractivity contribution < 1.29 is 20.1 Å². The Bertz CT molecular complexity index is 291. The van der Waals surface area contributed by atoms with Gasteiger partial charge in [-0.3, -0.25) is 4.79 Å². The molecule has 0 aromatic rings. The number of hydrogen-bond donors (Lipinski definition) is 3. The van der Waals surface area contributed by atoms with Crippen LogP contribution in [0.25, 0.3) is 0 Å². The van der Waals surface area contributed by atoms with Crippen molar-refractivity contribution in [3.8, 4) is 0 Å². The minimum atomic E-state index is -0.903. The van der Waals surface area contributed by atoms with Gasteiger partial charge in [0.1, 0.15) is 0 Å². The molecule has 0 aromatic carbocycles. The van der Waals surface area contributed by atoms with Crippen LogP contribution in [0.15, 0.2) is 12.7 Å². The molecule has 0 bridgehead atoms. The topological polar surface area (TPSA) is 77.8 Å². The average Bonchev–Trinajstić information content (AvgIpc) is 2.50. The highest BCUT2D eigenvalue weighted by molar-refractivity contribution is 5.66. The Hall–Kier alpha value is -0.870. The Kier molecular flexibility index (Phi) is 15.4. The Morgan fingerprint density at radius 2 is 1.30 bits per heavy atom. The smallest absolute Gasteiger partial charge is 0.303 e. The summed E-state index contributed by atoms with van der Waals surface area (Å²) in [5.41, 5.74) is 0. The number of aliphatic carboxylic acids is 1. The molecule has 0 spiro atoms. The maximum absolute atomic E-state index is 10.4. The predicted octanol–water partition coefficient (Wildman–Crippen LogP) is 4.44. The first-order valence-corrected chi connectivity index (χ1v) is 9.25. The quantitative estimate of drug-likeness (QED) is 0.272. The number of rotatable bonds is 17. The summed E-state index contributed by atoms with van der Waals surface area (Å²) in [6.07, 6.45) is 14.1. The van der Waals surface area contributed by atoms with Crippen molar-refractivity contribution in [2.24, 2.45) is 0 Å². The maximum atomic E-state index is 10.4. The highest BCUT2D eigenvalue weighted by atomic mass is 16.4. The molecule has 2 atom stereocenters. The van der Waals surface area contributed by atoms with Crippen molar-refractivity contribution in [1.29, 1.82) is 0 Å². The second-order valence-electron chi connectivity index (χ2n) is 6.52. The maximum Gasteiger partial charge on any atom is 0.303 e. The monoisotopic (exact) mass is 328 g/mol. The van der Waals surface area contributed by atoms with Crippen LogP contribution >= 0.6 is 0 Å². The van der Waals surface area contributed by atoms with Gasteiger partial charge in [0.25, 0.3) is 0 Å². The molecule has 4 nitrogen and oxygen atoms in total. The van der Waals surface area contributed by atoms with Gasteiger partial charge < -0.3 is 15.3 Å². The molecular weight excluding hydrogens is 292 g/mol. The summed E-state index contributed by atoms with van der Waals surface area (Å²) in [6.45, 7) is 3.73. The van der Waals surface area contributed by atoms with E-state index in [1.54, 1.807) is 0 Å². The third-order valence-corrected chi connectivity index (χ3v) is 4.18. The van der Waals surface area contributed by atoms with E-state index in [0.29, 0.717) is 6.42 Å². The largest absolute Gasteiger partial charge is 0.481 e. The predicted molar refractivity (Wildman–Crippen MR) is 94.5 cm³/mol. The molecule has 0 rings (SSSR count). The minimum absolute atomic E-state index is 0.0402. The lowest BCUT2D eigenvalue weighted by Gasteiger charge is -2.14. The molecule has 2 unspecified atom stereocenters. The molecule has 136 valence electrons. The molecule has 0 aliphatic heterocycles. The van der Waals surface area contributed by atoms with E-state index >= 15 is 0 Å². The Morgan fingerprint density at radius 1 is 0.826 bits per heavy atom. The molecule has 0 heterocycles. The number of carboxylic acids is 1. The lowest BCUT2D eigenvalue weighted by Crippen LogP contribution is -2.18. The van der Waals surface area contributed by atoms with Gasteiger partial charge in [-0.2, -0.15) is 0 Å². The molecular formula is C19H36O4. The zero-order valence-corrected chi connectivity index (χ0v) is 14.6. The molecule has 0 aromatic heterocycles. The summed E-state index contributed by atoms with van der Waals surface area (Å²) in [7, 11) is 0. The molecule has 0 fully saturated rings. The molecule has 0 amide bonds. The summed E-state index contributed by atoms with van der Waals surface area (Å²) < 4.78 is 0. The Morgan fingerprint density at radius 3 is 1.83 bits per heavy atom. The van der Waals surface area contributed by atoms with Crippen molar-refractivity contribution in [2.75, 3.05) is 0 Å². The first kappa shape index (κ1) is 22.1. The van der Waals surface area contributed by atoms with Crippen molar-refractivity contribution in [2.45, 2.75) is 102 Å². The van der Waals surface area contributed by atoms with Gasteiger partial charge in [0.2, 0.25) is 0 Å². The van der Waals surface area contributed by atoms with Gasteiger partial charge >= 0.3 is 5.97 Å². The van der Waals surface area contributed by atoms with Gasteiger partial charge in [0.05, 0.1) is 12.2 Å². The van der Waals surface area contributed by atoms with Crippen LogP contribution in [0.4, 0.5) is 0 Å². The van der Waals surface area contributed by atoms with Crippen molar-refractivity contribution in [3.05, 3.63) is 12.7 Å². The normalized spacial score (nSPS) is 13.7. The molecule has 0 radical (unpaired) electrons. The van der Waals surface area contributed by atoms with Crippen molar-refractivity contribution in [1.82, 2.24) is 0 Å². The van der Waals surface area contributed by atoms with E-state index < -0.39 is 18.2 Å². The fourth-order valence-corrected chi connectivity index (χ4v) is 2.75. The second-order valence-corrected chi connectivity index (χ2v) is 6.52. The third kappa shape index (κ3) is 17.3. The molecule has 0 aliphatic carbocycles. The average molecular weight is 328 g/mol. The van der Waals surface area contributed by atoms with E-state index in [1.807, 2.05) is 6.08 Å². The lowest BCUT2D eigenvalue weighted by atomic mass is 10.0. The van der Waals surface area contributed by atoms with E-state index in [2.05, 4.69) is 6.58 Å². The summed E-state index contributed by atoms with van der Waals surface area (Å²) in [6, 6.07) is 0. The van der Waals surface area contributed by atoms with Crippen molar-refractivity contribution >= 4 is 5.97 Å². The summed E-state index contributed by atoms with van der Waals surface area (Å²) in [5, 5.41) is 28.0. The number of hydrogen-bond acceptors (Lipinski definition) is 3. The van der Waals surface area contributed by atoms with Crippen LogP contribution in [-0.2, 0) is 4.79 Å². The number of carboxylic acid groups (broad SMARTS) is 1. The summed E-state index contributed by atoms with van der Waals surface area (Å²) in [5.74, 6) is -0.903. The first-order valence-electron chi connectivity index (χ1n) is 9.25. The molecule has 0 saturated heterocycles. The number of carbonyl (C=O) groups is 1. The van der Waals surface area contributed by atoms with Crippen LogP contribution in [-0.4, -0.2) is 33.5 Å². The number of aliphatic hydroxyl groups is 2. The van der Waals surface area contributed by atoms with Crippen LogP contribution in [0.5, 0.6) is 0 Å². The third-order valence-electron chi connectivity index (χ3n) is 4.18. The zero-order valence-electron chi connectivity index (χ0n) is 14.6. The zero-order chi connectivity index (χ0) is 17.3. The van der Waals surface area contributed by atoms with Gasteiger partial charge in [-0.1, -0.05) is 57.4 Å². The summed E-state index contributed by atoms with van der Waals surface area (Å²) >= 11 is 0. The van der Waals surface area contributed by atoms with Gasteiger partial charge in [0, 0.05) is 6.42 Å². The molecule has 3 N–H and O–H groups in total. The fourth-order valence-electron chi connectivity index (χ4n) is 2.75. The fraction of sp³-hybridized carbons (Fsp3) is 0.842. The van der Waals surface area contributed by atoms with E-state index in [4.69, 9.17) is 5.11 Å². The molecule has 4 heteroatoms. The molecule has 0 saturated carbocycles. The molecule has 23 heavy (non-hydrogen) atoms. The number of allylic oxidation sites excluding steroid dienone is 1. The lowest BCUT2D eigenvalue weighted by molar-refractivity contribution is -0.137. The highest BCUT2D eigenvalue weighted by Gasteiger charge is 2.13. The van der Waals surface area contributed by atoms with Crippen LogP contribution in [0, 0.1) is 0 Å². The van der Waals surface area contributed by atoms with Gasteiger partial charge in [-0.15, -0.1) is 6.58 Å². The van der Waals surface area contributed by atoms with E-state index in [-0.39, 0.29) is 19.3 Å². The minimum Gasteiger partial charge on any atom is -0.481 e. The van der Waals surface area contributed by atoms with E-state index in [9.17, 15) is 15.0 Å². The van der Waals surface area contributed by atoms with Gasteiger partial charge in [0.15, 0.2) is 0 Å². The summed E-state index contributed by atoms with van der Waals surface area (Å²) in [4.78, 5) is 10.4. The number of aliphatic hydroxyl groups excluding tert-OH is 2. The van der Waals surface area contributed by atoms with Gasteiger partial charge in [-0.25, -0.2) is 0 Å². The Labute approximate surface area is 141 Å². The first-order chi connectivity index (χ1) is 11.1. The van der Waals surface area contributed by atoms with E-state index in [0.717, 1.165) is 19.3 Å². The SMILES string of the molecule is C=CCCCCCCCCCCCC(O)CC(O)CCC(=O)O. The molecule has 0 aliphatic rings. The van der Waals surface area contributed by atoms with E-state index in [1.165, 1.54) is 44.9 Å².